The van der Waals surface area contributed by atoms with Crippen molar-refractivity contribution in [2.24, 2.45) is 0 Å². The van der Waals surface area contributed by atoms with Crippen LogP contribution in [0.2, 0.25) is 5.02 Å². The van der Waals surface area contributed by atoms with Crippen molar-refractivity contribution in [1.29, 1.82) is 0 Å². The van der Waals surface area contributed by atoms with E-state index in [1.54, 1.807) is 40.8 Å². The van der Waals surface area contributed by atoms with E-state index in [9.17, 15) is 18.0 Å². The van der Waals surface area contributed by atoms with Crippen LogP contribution in [0.25, 0.3) is 28.2 Å². The third-order valence-corrected chi connectivity index (χ3v) is 7.53. The smallest absolute Gasteiger partial charge is 0.416 e. The molecule has 214 valence electrons. The normalized spacial score (nSPS) is 13.9. The number of amides is 1. The number of halogens is 4. The van der Waals surface area contributed by atoms with E-state index in [0.717, 1.165) is 23.3 Å². The van der Waals surface area contributed by atoms with Crippen molar-refractivity contribution in [2.45, 2.75) is 6.18 Å². The number of carbonyl (C=O) groups is 1. The van der Waals surface area contributed by atoms with Crippen molar-refractivity contribution in [3.05, 3.63) is 101 Å². The molecule has 0 N–H and O–H groups in total. The number of hydrogen-bond acceptors (Lipinski definition) is 5. The van der Waals surface area contributed by atoms with Gasteiger partial charge in [0.15, 0.2) is 5.65 Å². The molecule has 1 saturated heterocycles. The third-order valence-electron chi connectivity index (χ3n) is 7.27. The van der Waals surface area contributed by atoms with Crippen LogP contribution in [0.3, 0.4) is 0 Å². The van der Waals surface area contributed by atoms with Crippen LogP contribution in [0.5, 0.6) is 5.75 Å². The molecule has 1 aliphatic rings. The molecule has 1 fully saturated rings. The fraction of sp³-hybridized carbons (Fsp3) is 0.194. The van der Waals surface area contributed by atoms with Crippen LogP contribution >= 0.6 is 11.6 Å². The molecule has 6 rings (SSSR count). The molecule has 0 atom stereocenters. The Bertz CT molecular complexity index is 1760. The lowest BCUT2D eigenvalue weighted by molar-refractivity contribution is -0.137. The van der Waals surface area contributed by atoms with Crippen molar-refractivity contribution in [3.8, 4) is 28.3 Å². The molecule has 7 nitrogen and oxygen atoms in total. The highest BCUT2D eigenvalue weighted by atomic mass is 35.5. The molecule has 0 unspecified atom stereocenters. The molecule has 0 radical (unpaired) electrons. The first-order valence-corrected chi connectivity index (χ1v) is 13.6. The van der Waals surface area contributed by atoms with Gasteiger partial charge in [-0.3, -0.25) is 4.79 Å². The zero-order chi connectivity index (χ0) is 29.4. The molecule has 11 heteroatoms. The second-order valence-corrected chi connectivity index (χ2v) is 10.3. The maximum atomic E-state index is 13.7. The van der Waals surface area contributed by atoms with Gasteiger partial charge in [0.25, 0.3) is 5.91 Å². The standard InChI is InChI=1S/C31H25ClF3N5O2/c1-42-28-8-3-2-7-24(28)27-18-26(36-29-19-25(37-40(27)29)20-9-11-22(32)12-10-20)30(41)39-15-13-38(14-16-39)23-6-4-5-21(17-23)31(33,34)35/h2-12,17-19H,13-16H2,1H3. The molecule has 0 aliphatic carbocycles. The maximum absolute atomic E-state index is 13.7. The number of methoxy groups -OCH3 is 1. The fourth-order valence-corrected chi connectivity index (χ4v) is 5.23. The molecule has 1 amide bonds. The van der Waals surface area contributed by atoms with E-state index in [2.05, 4.69) is 4.98 Å². The second-order valence-electron chi connectivity index (χ2n) is 9.86. The number of alkyl halides is 3. The predicted octanol–water partition coefficient (Wildman–Crippen LogP) is 6.71. The number of nitrogens with zero attached hydrogens (tertiary/aromatic N) is 5. The van der Waals surface area contributed by atoms with Crippen molar-refractivity contribution >= 4 is 28.8 Å². The van der Waals surface area contributed by atoms with E-state index in [4.69, 9.17) is 21.4 Å². The fourth-order valence-electron chi connectivity index (χ4n) is 5.10. The molecule has 42 heavy (non-hydrogen) atoms. The van der Waals surface area contributed by atoms with Gasteiger partial charge in [0, 0.05) is 54.1 Å². The van der Waals surface area contributed by atoms with Gasteiger partial charge >= 0.3 is 6.18 Å². The molecule has 0 spiro atoms. The highest BCUT2D eigenvalue weighted by Crippen LogP contribution is 2.33. The van der Waals surface area contributed by atoms with E-state index >= 15 is 0 Å². The molecular formula is C31H25ClF3N5O2. The number of para-hydroxylation sites is 1. The minimum Gasteiger partial charge on any atom is -0.496 e. The van der Waals surface area contributed by atoms with Crippen molar-refractivity contribution < 1.29 is 22.7 Å². The number of piperazine rings is 1. The number of benzene rings is 3. The Morgan fingerprint density at radius 3 is 2.36 bits per heavy atom. The van der Waals surface area contributed by atoms with Gasteiger partial charge < -0.3 is 14.5 Å². The average molecular weight is 592 g/mol. The lowest BCUT2D eigenvalue weighted by Gasteiger charge is -2.36. The van der Waals surface area contributed by atoms with Crippen LogP contribution in [0.15, 0.2) is 84.9 Å². The summed E-state index contributed by atoms with van der Waals surface area (Å²) < 4.78 is 47.0. The number of ether oxygens (including phenoxy) is 1. The Morgan fingerprint density at radius 2 is 1.64 bits per heavy atom. The minimum absolute atomic E-state index is 0.235. The topological polar surface area (TPSA) is 63.0 Å². The summed E-state index contributed by atoms with van der Waals surface area (Å²) in [6.07, 6.45) is -4.42. The molecule has 0 bridgehead atoms. The number of carbonyl (C=O) groups excluding carboxylic acids is 1. The molecule has 5 aromatic rings. The van der Waals surface area contributed by atoms with Gasteiger partial charge in [-0.1, -0.05) is 41.9 Å². The van der Waals surface area contributed by atoms with E-state index in [1.165, 1.54) is 6.07 Å². The van der Waals surface area contributed by atoms with Gasteiger partial charge in [-0.2, -0.15) is 18.3 Å². The Morgan fingerprint density at radius 1 is 0.905 bits per heavy atom. The largest absolute Gasteiger partial charge is 0.496 e. The molecule has 0 saturated carbocycles. The second kappa shape index (κ2) is 11.0. The number of hydrogen-bond donors (Lipinski definition) is 0. The Labute approximate surface area is 244 Å². The molecule has 3 heterocycles. The van der Waals surface area contributed by atoms with Gasteiger partial charge in [-0.15, -0.1) is 0 Å². The van der Waals surface area contributed by atoms with Crippen LogP contribution in [-0.2, 0) is 6.18 Å². The van der Waals surface area contributed by atoms with Crippen LogP contribution in [-0.4, -0.2) is 58.7 Å². The summed E-state index contributed by atoms with van der Waals surface area (Å²) in [5.74, 6) is 0.341. The number of fused-ring (bicyclic) bond motifs is 1. The number of rotatable bonds is 5. The van der Waals surface area contributed by atoms with Crippen molar-refractivity contribution in [3.63, 3.8) is 0 Å². The van der Waals surface area contributed by atoms with E-state index in [1.807, 2.05) is 47.4 Å². The summed E-state index contributed by atoms with van der Waals surface area (Å²) in [5.41, 5.74) is 3.37. The zero-order valence-electron chi connectivity index (χ0n) is 22.5. The molecule has 1 aliphatic heterocycles. The Hall–Kier alpha value is -4.57. The molecular weight excluding hydrogens is 567 g/mol. The van der Waals surface area contributed by atoms with Crippen LogP contribution in [0.4, 0.5) is 18.9 Å². The van der Waals surface area contributed by atoms with Crippen LogP contribution in [0, 0.1) is 0 Å². The summed E-state index contributed by atoms with van der Waals surface area (Å²) in [4.78, 5) is 21.9. The summed E-state index contributed by atoms with van der Waals surface area (Å²) in [6, 6.07) is 23.5. The minimum atomic E-state index is -4.42. The summed E-state index contributed by atoms with van der Waals surface area (Å²) in [5, 5.41) is 5.40. The van der Waals surface area contributed by atoms with Crippen molar-refractivity contribution in [2.75, 3.05) is 38.2 Å². The lowest BCUT2D eigenvalue weighted by Crippen LogP contribution is -2.49. The van der Waals surface area contributed by atoms with E-state index < -0.39 is 11.7 Å². The van der Waals surface area contributed by atoms with Gasteiger partial charge in [0.1, 0.15) is 11.4 Å². The highest BCUT2D eigenvalue weighted by molar-refractivity contribution is 6.30. The van der Waals surface area contributed by atoms with Gasteiger partial charge in [-0.05, 0) is 48.5 Å². The summed E-state index contributed by atoms with van der Waals surface area (Å²) in [6.45, 7) is 1.45. The molecule has 3 aromatic carbocycles. The first kappa shape index (κ1) is 27.6. The van der Waals surface area contributed by atoms with Crippen molar-refractivity contribution in [1.82, 2.24) is 19.5 Å². The van der Waals surface area contributed by atoms with Crippen LogP contribution < -0.4 is 9.64 Å². The monoisotopic (exact) mass is 591 g/mol. The summed E-state index contributed by atoms with van der Waals surface area (Å²) in [7, 11) is 1.58. The number of aromatic nitrogens is 3. The first-order chi connectivity index (χ1) is 20.2. The predicted molar refractivity (Wildman–Crippen MR) is 155 cm³/mol. The molecule has 2 aromatic heterocycles. The third kappa shape index (κ3) is 5.37. The number of anilines is 1. The summed E-state index contributed by atoms with van der Waals surface area (Å²) >= 11 is 6.07. The maximum Gasteiger partial charge on any atom is 0.416 e. The Kier molecular flexibility index (Phi) is 7.24. The van der Waals surface area contributed by atoms with E-state index in [0.29, 0.717) is 59.7 Å². The first-order valence-electron chi connectivity index (χ1n) is 13.2. The lowest BCUT2D eigenvalue weighted by atomic mass is 10.1. The van der Waals surface area contributed by atoms with Gasteiger partial charge in [0.2, 0.25) is 0 Å². The SMILES string of the molecule is COc1ccccc1-c1cc(C(=O)N2CCN(c3cccc(C(F)(F)F)c3)CC2)nc2cc(-c3ccc(Cl)cc3)nn12. The Balaban J connectivity index is 1.32. The zero-order valence-corrected chi connectivity index (χ0v) is 23.2. The van der Waals surface area contributed by atoms with Crippen LogP contribution in [0.1, 0.15) is 16.1 Å². The van der Waals surface area contributed by atoms with Gasteiger partial charge in [-0.25, -0.2) is 9.50 Å². The average Bonchev–Trinajstić information content (AvgIpc) is 3.44. The quantitative estimate of drug-likeness (QED) is 0.227. The van der Waals surface area contributed by atoms with E-state index in [-0.39, 0.29) is 11.6 Å². The van der Waals surface area contributed by atoms with Gasteiger partial charge in [0.05, 0.1) is 24.1 Å². The highest BCUT2D eigenvalue weighted by Gasteiger charge is 2.31.